The number of hydrogen-bond donors (Lipinski definition) is 0. The van der Waals surface area contributed by atoms with E-state index in [1.165, 1.54) is 5.56 Å². The van der Waals surface area contributed by atoms with Crippen molar-refractivity contribution in [2.45, 2.75) is 62.7 Å². The van der Waals surface area contributed by atoms with Crippen molar-refractivity contribution in [2.24, 2.45) is 0 Å². The molecule has 0 spiro atoms. The Bertz CT molecular complexity index is 1610. The van der Waals surface area contributed by atoms with E-state index in [9.17, 15) is 13.2 Å². The smallest absolute Gasteiger partial charge is 0.266 e. The maximum Gasteiger partial charge on any atom is 0.266 e. The van der Waals surface area contributed by atoms with E-state index in [1.54, 1.807) is 24.3 Å². The van der Waals surface area contributed by atoms with Gasteiger partial charge in [0.1, 0.15) is 0 Å². The molecular formula is C37H39NO3S. The lowest BCUT2D eigenvalue weighted by Gasteiger charge is -2.28. The topological polar surface area (TPSA) is 54.5 Å². The minimum Gasteiger partial charge on any atom is -0.273 e. The first kappa shape index (κ1) is 29.5. The van der Waals surface area contributed by atoms with Crippen LogP contribution in [0.2, 0.25) is 0 Å². The van der Waals surface area contributed by atoms with Gasteiger partial charge in [0.15, 0.2) is 0 Å². The van der Waals surface area contributed by atoms with Crippen molar-refractivity contribution in [3.63, 3.8) is 0 Å². The first-order valence-corrected chi connectivity index (χ1v) is 16.4. The van der Waals surface area contributed by atoms with Crippen molar-refractivity contribution < 1.29 is 13.2 Å². The molecular weight excluding hydrogens is 538 g/mol. The molecule has 1 unspecified atom stereocenters. The number of benzene rings is 4. The van der Waals surface area contributed by atoms with Gasteiger partial charge in [0.2, 0.25) is 5.91 Å². The quantitative estimate of drug-likeness (QED) is 0.245. The molecule has 216 valence electrons. The molecule has 0 bridgehead atoms. The lowest BCUT2D eigenvalue weighted by atomic mass is 9.86. The molecule has 42 heavy (non-hydrogen) atoms. The van der Waals surface area contributed by atoms with E-state index in [1.807, 2.05) is 55.5 Å². The molecule has 0 N–H and O–H groups in total. The summed E-state index contributed by atoms with van der Waals surface area (Å²) in [5.41, 5.74) is 6.26. The monoisotopic (exact) mass is 577 g/mol. The first-order chi connectivity index (χ1) is 20.4. The molecule has 0 saturated heterocycles. The van der Waals surface area contributed by atoms with E-state index >= 15 is 0 Å². The summed E-state index contributed by atoms with van der Waals surface area (Å²) >= 11 is 0. The minimum atomic E-state index is -4.05. The Kier molecular flexibility index (Phi) is 9.70. The fraction of sp³-hybridized carbons (Fsp3) is 0.270. The number of aryl methyl sites for hydroxylation is 2. The van der Waals surface area contributed by atoms with Crippen LogP contribution in [0.4, 0.5) is 0 Å². The van der Waals surface area contributed by atoms with Gasteiger partial charge < -0.3 is 0 Å². The Morgan fingerprint density at radius 1 is 0.690 bits per heavy atom. The maximum atomic E-state index is 14.6. The van der Waals surface area contributed by atoms with Gasteiger partial charge in [-0.05, 0) is 72.6 Å². The molecule has 0 aromatic heterocycles. The van der Waals surface area contributed by atoms with Crippen molar-refractivity contribution in [1.29, 1.82) is 0 Å². The summed E-state index contributed by atoms with van der Waals surface area (Å²) < 4.78 is 29.3. The Morgan fingerprint density at radius 3 is 2.05 bits per heavy atom. The highest BCUT2D eigenvalue weighted by atomic mass is 32.2. The number of sulfonamides is 1. The molecule has 0 fully saturated rings. The summed E-state index contributed by atoms with van der Waals surface area (Å²) in [6, 6.07) is 35.0. The van der Waals surface area contributed by atoms with Crippen molar-refractivity contribution in [3.05, 3.63) is 137 Å². The molecule has 5 heteroatoms. The van der Waals surface area contributed by atoms with E-state index in [-0.39, 0.29) is 17.3 Å². The average Bonchev–Trinajstić information content (AvgIpc) is 3.02. The van der Waals surface area contributed by atoms with Crippen LogP contribution < -0.4 is 0 Å². The normalized spacial score (nSPS) is 18.7. The average molecular weight is 578 g/mol. The Labute approximate surface area is 250 Å². The highest BCUT2D eigenvalue weighted by Crippen LogP contribution is 2.35. The second-order valence-electron chi connectivity index (χ2n) is 11.1. The summed E-state index contributed by atoms with van der Waals surface area (Å²) in [6.45, 7) is 2.09. The molecule has 4 nitrogen and oxygen atoms in total. The van der Waals surface area contributed by atoms with Gasteiger partial charge in [0.05, 0.1) is 10.8 Å². The van der Waals surface area contributed by atoms with E-state index in [0.717, 1.165) is 64.2 Å². The van der Waals surface area contributed by atoms with Gasteiger partial charge in [-0.3, -0.25) is 4.79 Å². The molecule has 0 radical (unpaired) electrons. The fourth-order valence-corrected chi connectivity index (χ4v) is 7.19. The lowest BCUT2D eigenvalue weighted by molar-refractivity contribution is -0.128. The van der Waals surface area contributed by atoms with Crippen LogP contribution in [0.25, 0.3) is 11.6 Å². The van der Waals surface area contributed by atoms with Crippen LogP contribution in [0.3, 0.4) is 0 Å². The number of carbonyl (C=O) groups is 1. The minimum absolute atomic E-state index is 0.152. The molecule has 1 atom stereocenters. The standard InChI is InChI=1S/C37H39NO3S/c1-29-22-24-35(25-23-29)42(40,41)38-26-14-4-2-3-7-15-30-18-12-13-21-33(30)27-34(31-16-8-5-9-17-31)28-36(37(38)39)32-19-10-6-11-20-32/h5-6,8-13,16-25,27,36H,2-4,7,14-15,26,28H2,1H3/b34-27-. The summed E-state index contributed by atoms with van der Waals surface area (Å²) in [7, 11) is -4.05. The number of amides is 1. The summed E-state index contributed by atoms with van der Waals surface area (Å²) in [4.78, 5) is 14.8. The van der Waals surface area contributed by atoms with Gasteiger partial charge >= 0.3 is 0 Å². The summed E-state index contributed by atoms with van der Waals surface area (Å²) in [5, 5.41) is 0. The zero-order chi connectivity index (χ0) is 29.4. The summed E-state index contributed by atoms with van der Waals surface area (Å²) in [6.07, 6.45) is 8.21. The first-order valence-electron chi connectivity index (χ1n) is 15.0. The maximum absolute atomic E-state index is 14.6. The predicted octanol–water partition coefficient (Wildman–Crippen LogP) is 8.43. The van der Waals surface area contributed by atoms with Gasteiger partial charge in [-0.15, -0.1) is 0 Å². The van der Waals surface area contributed by atoms with Crippen LogP contribution in [-0.4, -0.2) is 25.2 Å². The third kappa shape index (κ3) is 7.08. The number of carbonyl (C=O) groups excluding carboxylic acids is 1. The number of rotatable bonds is 4. The molecule has 0 saturated carbocycles. The fourth-order valence-electron chi connectivity index (χ4n) is 5.72. The van der Waals surface area contributed by atoms with Crippen molar-refractivity contribution in [3.8, 4) is 0 Å². The van der Waals surface area contributed by atoms with E-state index < -0.39 is 15.9 Å². The van der Waals surface area contributed by atoms with Crippen LogP contribution >= 0.6 is 0 Å². The molecule has 0 aliphatic carbocycles. The molecule has 4 aromatic rings. The number of nitrogens with zero attached hydrogens (tertiary/aromatic N) is 1. The van der Waals surface area contributed by atoms with Crippen LogP contribution in [-0.2, 0) is 21.2 Å². The Morgan fingerprint density at radius 2 is 1.31 bits per heavy atom. The number of hydrogen-bond acceptors (Lipinski definition) is 3. The SMILES string of the molecule is Cc1ccc(S(=O)(=O)N2CCCCCCCc3ccccc3/C=C(\c3ccccc3)CC(c3ccccc3)C2=O)cc1. The largest absolute Gasteiger partial charge is 0.273 e. The third-order valence-corrected chi connectivity index (χ3v) is 9.93. The Hall–Kier alpha value is -3.96. The highest BCUT2D eigenvalue weighted by Gasteiger charge is 2.35. The second-order valence-corrected chi connectivity index (χ2v) is 13.0. The van der Waals surface area contributed by atoms with Crippen LogP contribution in [0.1, 0.15) is 72.3 Å². The molecule has 4 aromatic carbocycles. The van der Waals surface area contributed by atoms with Crippen LogP contribution in [0.5, 0.6) is 0 Å². The molecule has 1 heterocycles. The number of allylic oxidation sites excluding steroid dienone is 1. The zero-order valence-electron chi connectivity index (χ0n) is 24.3. The second kappa shape index (κ2) is 13.8. The van der Waals surface area contributed by atoms with E-state index in [4.69, 9.17) is 0 Å². The third-order valence-electron chi connectivity index (χ3n) is 8.12. The molecule has 1 amide bonds. The summed E-state index contributed by atoms with van der Waals surface area (Å²) in [5.74, 6) is -1.05. The van der Waals surface area contributed by atoms with Crippen LogP contribution in [0.15, 0.2) is 114 Å². The van der Waals surface area contributed by atoms with Gasteiger partial charge in [-0.1, -0.05) is 128 Å². The van der Waals surface area contributed by atoms with E-state index in [2.05, 4.69) is 42.5 Å². The molecule has 1 aliphatic heterocycles. The Balaban J connectivity index is 1.65. The lowest BCUT2D eigenvalue weighted by Crippen LogP contribution is -2.40. The van der Waals surface area contributed by atoms with Gasteiger partial charge in [-0.25, -0.2) is 12.7 Å². The zero-order valence-corrected chi connectivity index (χ0v) is 25.1. The molecule has 5 rings (SSSR count). The van der Waals surface area contributed by atoms with Gasteiger partial charge in [0, 0.05) is 6.54 Å². The number of fused-ring (bicyclic) bond motifs is 1. The van der Waals surface area contributed by atoms with Crippen molar-refractivity contribution in [2.75, 3.05) is 6.54 Å². The van der Waals surface area contributed by atoms with Gasteiger partial charge in [0.25, 0.3) is 10.0 Å². The highest BCUT2D eigenvalue weighted by molar-refractivity contribution is 7.89. The van der Waals surface area contributed by atoms with Gasteiger partial charge in [-0.2, -0.15) is 0 Å². The van der Waals surface area contributed by atoms with Crippen molar-refractivity contribution >= 4 is 27.6 Å². The van der Waals surface area contributed by atoms with Crippen LogP contribution in [0, 0.1) is 6.92 Å². The van der Waals surface area contributed by atoms with E-state index in [0.29, 0.717) is 12.8 Å². The predicted molar refractivity (Wildman–Crippen MR) is 171 cm³/mol. The molecule has 1 aliphatic rings. The van der Waals surface area contributed by atoms with Crippen molar-refractivity contribution in [1.82, 2.24) is 4.31 Å².